The molecule has 7 heteroatoms. The van der Waals surface area contributed by atoms with Gasteiger partial charge in [-0.05, 0) is 0 Å². The number of alkyl halides is 6. The zero-order valence-corrected chi connectivity index (χ0v) is 4.72. The van der Waals surface area contributed by atoms with Crippen LogP contribution in [0.25, 0.3) is 0 Å². The van der Waals surface area contributed by atoms with Crippen LogP contribution in [0, 0.1) is 6.08 Å². The first-order valence-electron chi connectivity index (χ1n) is 2.11. The van der Waals surface area contributed by atoms with E-state index in [4.69, 9.17) is 5.11 Å². The number of hydrogen-bond donors (Lipinski definition) is 1. The van der Waals surface area contributed by atoms with Crippen LogP contribution in [0.3, 0.4) is 0 Å². The molecule has 0 spiro atoms. The lowest BCUT2D eigenvalue weighted by molar-refractivity contribution is -0.136. The van der Waals surface area contributed by atoms with Crippen molar-refractivity contribution in [3.63, 3.8) is 0 Å². The fourth-order valence-electron chi connectivity index (χ4n) is 0.205. The molecule has 0 aromatic rings. The van der Waals surface area contributed by atoms with Gasteiger partial charge in [0.25, 0.3) is 0 Å². The second-order valence-corrected chi connectivity index (χ2v) is 1.47. The highest BCUT2D eigenvalue weighted by Crippen LogP contribution is 2.27. The first kappa shape index (κ1) is 10.0. The average molecular weight is 179 g/mol. The molecule has 0 rings (SSSR count). The van der Waals surface area contributed by atoms with E-state index in [0.717, 1.165) is 0 Å². The first-order valence-corrected chi connectivity index (χ1v) is 2.11. The van der Waals surface area contributed by atoms with Crippen LogP contribution in [-0.2, 0) is 0 Å². The van der Waals surface area contributed by atoms with E-state index < -0.39 is 18.1 Å². The maximum atomic E-state index is 11.1. The highest BCUT2D eigenvalue weighted by Gasteiger charge is 2.53. The van der Waals surface area contributed by atoms with Gasteiger partial charge >= 0.3 is 24.2 Å². The number of rotatable bonds is 0. The molecule has 0 bridgehead atoms. The highest BCUT2D eigenvalue weighted by atomic mass is 19.4. The highest BCUT2D eigenvalue weighted by molar-refractivity contribution is 4.95. The van der Waals surface area contributed by atoms with Crippen molar-refractivity contribution < 1.29 is 31.4 Å². The molecule has 0 radical (unpaired) electrons. The van der Waals surface area contributed by atoms with Crippen molar-refractivity contribution in [2.24, 2.45) is 0 Å². The summed E-state index contributed by atoms with van der Waals surface area (Å²) in [5.74, 6) is -2.77. The second kappa shape index (κ2) is 2.58. The largest absolute Gasteiger partial charge is 0.637 e. The Morgan fingerprint density at radius 1 is 1.00 bits per heavy atom. The second-order valence-electron chi connectivity index (χ2n) is 1.47. The van der Waals surface area contributed by atoms with E-state index in [0.29, 0.717) is 0 Å². The Bertz CT molecular complexity index is 162. The van der Waals surface area contributed by atoms with Crippen molar-refractivity contribution in [2.75, 3.05) is 0 Å². The fourth-order valence-corrected chi connectivity index (χ4v) is 0.205. The Kier molecular flexibility index (Phi) is 2.35. The summed E-state index contributed by atoms with van der Waals surface area (Å²) in [6.07, 6.45) is -10.8. The molecule has 1 nitrogen and oxygen atoms in total. The molecule has 64 valence electrons. The van der Waals surface area contributed by atoms with Crippen molar-refractivity contribution in [3.8, 4) is 0 Å². The predicted molar refractivity (Wildman–Crippen MR) is 21.5 cm³/mol. The molecule has 0 aliphatic rings. The third-order valence-corrected chi connectivity index (χ3v) is 0.529. The van der Waals surface area contributed by atoms with E-state index in [-0.39, 0.29) is 6.08 Å². The molecule has 0 amide bonds. The van der Waals surface area contributed by atoms with E-state index in [1.807, 2.05) is 0 Å². The normalized spacial score (nSPS) is 14.5. The first-order chi connectivity index (χ1) is 4.63. The molecule has 0 aliphatic heterocycles. The zero-order chi connectivity index (χ0) is 9.28. The number of hydrogen-bond acceptors (Lipinski definition) is 1. The Labute approximate surface area is 56.9 Å². The van der Waals surface area contributed by atoms with Gasteiger partial charge < -0.3 is 5.11 Å². The van der Waals surface area contributed by atoms with Crippen LogP contribution >= 0.6 is 0 Å². The molecule has 0 aromatic carbocycles. The summed E-state index contributed by atoms with van der Waals surface area (Å²) in [5.41, 5.74) is 0. The van der Waals surface area contributed by atoms with Crippen LogP contribution in [0.2, 0.25) is 0 Å². The van der Waals surface area contributed by atoms with Gasteiger partial charge in [-0.25, -0.2) is 0 Å². The predicted octanol–water partition coefficient (Wildman–Crippen LogP) is 2.36. The third kappa shape index (κ3) is 4.44. The Hall–Kier alpha value is -0.970. The molecule has 0 saturated carbocycles. The van der Waals surface area contributed by atoms with Crippen molar-refractivity contribution in [2.45, 2.75) is 12.4 Å². The zero-order valence-electron chi connectivity index (χ0n) is 4.72. The minimum absolute atomic E-state index is 0.0938. The topological polar surface area (TPSA) is 20.2 Å². The van der Waals surface area contributed by atoms with Crippen molar-refractivity contribution in [3.05, 3.63) is 11.8 Å². The van der Waals surface area contributed by atoms with Crippen LogP contribution in [-0.4, -0.2) is 17.5 Å². The lowest BCUT2D eigenvalue weighted by Crippen LogP contribution is -2.16. The minimum Gasteiger partial charge on any atom is -0.465 e. The number of aliphatic hydroxyl groups excluding tert-OH is 1. The summed E-state index contributed by atoms with van der Waals surface area (Å²) in [4.78, 5) is 0. The molecule has 0 heterocycles. The van der Waals surface area contributed by atoms with E-state index in [2.05, 4.69) is 0 Å². The summed E-state index contributed by atoms with van der Waals surface area (Å²) in [6.45, 7) is 0. The Balaban J connectivity index is 4.49. The smallest absolute Gasteiger partial charge is 0.465 e. The van der Waals surface area contributed by atoms with Gasteiger partial charge in [0.2, 0.25) is 0 Å². The van der Waals surface area contributed by atoms with Crippen molar-refractivity contribution in [1.29, 1.82) is 0 Å². The van der Waals surface area contributed by atoms with Crippen molar-refractivity contribution >= 4 is 0 Å². The summed E-state index contributed by atoms with van der Waals surface area (Å²) in [6, 6.07) is 0. The number of aliphatic hydroxyl groups is 1. The van der Waals surface area contributed by atoms with Crippen molar-refractivity contribution in [1.82, 2.24) is 0 Å². The van der Waals surface area contributed by atoms with Crippen LogP contribution in [0.4, 0.5) is 26.3 Å². The van der Waals surface area contributed by atoms with E-state index in [9.17, 15) is 26.3 Å². The van der Waals surface area contributed by atoms with Crippen LogP contribution in [0.1, 0.15) is 0 Å². The van der Waals surface area contributed by atoms with Gasteiger partial charge in [-0.15, -0.1) is 13.2 Å². The quantitative estimate of drug-likeness (QED) is 0.343. The maximum Gasteiger partial charge on any atom is 0.637 e. The maximum absolute atomic E-state index is 11.1. The van der Waals surface area contributed by atoms with Crippen LogP contribution in [0.5, 0.6) is 0 Å². The molecule has 11 heavy (non-hydrogen) atoms. The molecule has 0 saturated heterocycles. The minimum atomic E-state index is -5.39. The summed E-state index contributed by atoms with van der Waals surface area (Å²) in [7, 11) is 0. The molecule has 1 N–H and O–H groups in total. The summed E-state index contributed by atoms with van der Waals surface area (Å²) < 4.78 is 66.5. The molecular formula is C4HF6O+. The van der Waals surface area contributed by atoms with Gasteiger partial charge in [0, 0.05) is 0 Å². The number of allylic oxidation sites excluding steroid dienone is 2. The lowest BCUT2D eigenvalue weighted by atomic mass is 10.4. The van der Waals surface area contributed by atoms with Crippen LogP contribution < -0.4 is 0 Å². The molecule has 0 fully saturated rings. The van der Waals surface area contributed by atoms with Gasteiger partial charge in [0.1, 0.15) is 0 Å². The van der Waals surface area contributed by atoms with Gasteiger partial charge in [-0.3, -0.25) is 0 Å². The summed E-state index contributed by atoms with van der Waals surface area (Å²) >= 11 is 0. The van der Waals surface area contributed by atoms with Gasteiger partial charge in [0.05, 0.1) is 0 Å². The lowest BCUT2D eigenvalue weighted by Gasteiger charge is -1.94. The third-order valence-electron chi connectivity index (χ3n) is 0.529. The average Bonchev–Trinajstić information content (AvgIpc) is 1.56. The van der Waals surface area contributed by atoms with Gasteiger partial charge in [-0.2, -0.15) is 13.2 Å². The molecule has 0 unspecified atom stereocenters. The van der Waals surface area contributed by atoms with E-state index in [1.54, 1.807) is 0 Å². The fraction of sp³-hybridized carbons (Fsp3) is 0.500. The van der Waals surface area contributed by atoms with Gasteiger partial charge in [-0.1, -0.05) is 0 Å². The van der Waals surface area contributed by atoms with E-state index >= 15 is 0 Å². The monoisotopic (exact) mass is 179 g/mol. The van der Waals surface area contributed by atoms with Gasteiger partial charge in [0.15, 0.2) is 0 Å². The number of halogens is 6. The molecule has 0 aliphatic carbocycles. The summed E-state index contributed by atoms with van der Waals surface area (Å²) in [5, 5.41) is 7.68. The molecule has 0 atom stereocenters. The standard InChI is InChI=1S/C4F6O/c5-3(6,7)1-2(11)4(8,9)10/p+1. The Morgan fingerprint density at radius 2 is 1.36 bits per heavy atom. The van der Waals surface area contributed by atoms with E-state index in [1.165, 1.54) is 0 Å². The molecule has 0 aromatic heterocycles. The Morgan fingerprint density at radius 3 is 1.45 bits per heavy atom. The molecular weight excluding hydrogens is 178 g/mol. The SMILES string of the molecule is OC(=[C+]C(F)(F)F)C(F)(F)F. The van der Waals surface area contributed by atoms with Crippen LogP contribution in [0.15, 0.2) is 5.76 Å².